The van der Waals surface area contributed by atoms with Crippen molar-refractivity contribution in [2.45, 2.75) is 6.92 Å². The van der Waals surface area contributed by atoms with Gasteiger partial charge in [-0.3, -0.25) is 4.79 Å². The van der Waals surface area contributed by atoms with Crippen LogP contribution in [0.4, 0.5) is 0 Å². The first-order chi connectivity index (χ1) is 6.70. The van der Waals surface area contributed by atoms with Crippen LogP contribution in [0.5, 0.6) is 0 Å². The second kappa shape index (κ2) is 3.12. The van der Waals surface area contributed by atoms with E-state index in [2.05, 4.69) is 15.8 Å². The number of hydrogen-bond donors (Lipinski definition) is 0. The third kappa shape index (κ3) is 1.24. The molecule has 0 saturated carbocycles. The van der Waals surface area contributed by atoms with Gasteiger partial charge in [0, 0.05) is 12.3 Å². The second-order valence-electron chi connectivity index (χ2n) is 2.85. The van der Waals surface area contributed by atoms with Crippen LogP contribution in [-0.2, 0) is 0 Å². The lowest BCUT2D eigenvalue weighted by atomic mass is 10.2. The summed E-state index contributed by atoms with van der Waals surface area (Å²) >= 11 is 0. The van der Waals surface area contributed by atoms with Crippen LogP contribution < -0.4 is 5.56 Å². The van der Waals surface area contributed by atoms with E-state index in [9.17, 15) is 4.79 Å². The van der Waals surface area contributed by atoms with Gasteiger partial charge in [-0.05, 0) is 18.9 Å². The summed E-state index contributed by atoms with van der Waals surface area (Å²) in [6.07, 6.45) is 4.62. The van der Waals surface area contributed by atoms with Gasteiger partial charge >= 0.3 is 0 Å². The molecule has 2 radical (unpaired) electrons. The quantitative estimate of drug-likeness (QED) is 0.537. The third-order valence-electron chi connectivity index (χ3n) is 1.95. The maximum atomic E-state index is 11.6. The first kappa shape index (κ1) is 8.72. The summed E-state index contributed by atoms with van der Waals surface area (Å²) in [5, 5.41) is 0. The summed E-state index contributed by atoms with van der Waals surface area (Å²) in [4.78, 5) is 19.6. The molecule has 0 N–H and O–H groups in total. The molecule has 0 fully saturated rings. The standard InChI is InChI=1S/C9H6BN3O/c1-6-12-8-3-5-11-4-2-7(8)9(14)13(6)10/h2-4H,1H3. The van der Waals surface area contributed by atoms with Gasteiger partial charge in [0.2, 0.25) is 13.5 Å². The molecular formula is C9H6BN3O. The van der Waals surface area contributed by atoms with Gasteiger partial charge in [0.1, 0.15) is 0 Å². The largest absolute Gasteiger partial charge is 0.354 e. The van der Waals surface area contributed by atoms with Crippen LogP contribution >= 0.6 is 0 Å². The van der Waals surface area contributed by atoms with Gasteiger partial charge in [0.05, 0.1) is 17.1 Å². The van der Waals surface area contributed by atoms with Crippen LogP contribution in [0.2, 0.25) is 0 Å². The summed E-state index contributed by atoms with van der Waals surface area (Å²) in [7, 11) is 5.50. The van der Waals surface area contributed by atoms with Crippen molar-refractivity contribution >= 4 is 26.0 Å². The Hall–Kier alpha value is -1.87. The summed E-state index contributed by atoms with van der Waals surface area (Å²) in [5.74, 6) is 3.10. The fraction of sp³-hybridized carbons (Fsp3) is 0.111. The fourth-order valence-corrected chi connectivity index (χ4v) is 1.19. The summed E-state index contributed by atoms with van der Waals surface area (Å²) in [6.45, 7) is 1.67. The van der Waals surface area contributed by atoms with Gasteiger partial charge in [-0.1, -0.05) is 0 Å². The van der Waals surface area contributed by atoms with Gasteiger partial charge in [-0.25, -0.2) is 9.98 Å². The minimum atomic E-state index is -0.279. The summed E-state index contributed by atoms with van der Waals surface area (Å²) in [6, 6.07) is 0. The molecule has 0 aromatic carbocycles. The van der Waals surface area contributed by atoms with Gasteiger partial charge in [0.25, 0.3) is 0 Å². The highest BCUT2D eigenvalue weighted by Gasteiger charge is 2.08. The minimum absolute atomic E-state index is 0.279. The lowest BCUT2D eigenvalue weighted by Gasteiger charge is -2.06. The van der Waals surface area contributed by atoms with Gasteiger partial charge in [-0.15, -0.1) is 0 Å². The van der Waals surface area contributed by atoms with E-state index in [1.165, 1.54) is 6.20 Å². The molecule has 0 aliphatic carbocycles. The molecular weight excluding hydrogens is 177 g/mol. The molecule has 0 spiro atoms. The molecule has 4 nitrogen and oxygen atoms in total. The van der Waals surface area contributed by atoms with Gasteiger partial charge in [-0.2, -0.15) is 0 Å². The number of nitrogens with zero attached hydrogens (tertiary/aromatic N) is 3. The normalized spacial score (nSPS) is 12.6. The minimum Gasteiger partial charge on any atom is -0.354 e. The van der Waals surface area contributed by atoms with E-state index < -0.39 is 0 Å². The number of rotatable bonds is 0. The molecule has 5 heteroatoms. The number of hydrogen-bond acceptors (Lipinski definition) is 3. The van der Waals surface area contributed by atoms with E-state index >= 15 is 0 Å². The lowest BCUT2D eigenvalue weighted by Crippen LogP contribution is -2.25. The molecule has 0 bridgehead atoms. The number of aliphatic imine (C=N–C) groups is 1. The first-order valence-electron chi connectivity index (χ1n) is 4.04. The molecule has 1 aromatic heterocycles. The highest BCUT2D eigenvalue weighted by atomic mass is 16.1. The van der Waals surface area contributed by atoms with Crippen molar-refractivity contribution in [1.29, 1.82) is 0 Å². The Balaban J connectivity index is 2.86. The Morgan fingerprint density at radius 1 is 1.57 bits per heavy atom. The number of aromatic nitrogens is 2. The van der Waals surface area contributed by atoms with E-state index in [1.54, 1.807) is 19.1 Å². The van der Waals surface area contributed by atoms with E-state index in [0.29, 0.717) is 17.1 Å². The molecule has 1 aliphatic rings. The number of aryl methyl sites for hydroxylation is 1. The van der Waals surface area contributed by atoms with Crippen molar-refractivity contribution in [3.8, 4) is 0 Å². The molecule has 0 unspecified atom stereocenters. The van der Waals surface area contributed by atoms with Crippen molar-refractivity contribution in [1.82, 2.24) is 9.46 Å². The van der Waals surface area contributed by atoms with Crippen LogP contribution in [0.15, 0.2) is 16.0 Å². The molecule has 0 atom stereocenters. The van der Waals surface area contributed by atoms with Gasteiger partial charge in [0.15, 0.2) is 0 Å². The van der Waals surface area contributed by atoms with Crippen molar-refractivity contribution in [2.75, 3.05) is 0 Å². The van der Waals surface area contributed by atoms with Crippen molar-refractivity contribution < 1.29 is 0 Å². The van der Waals surface area contributed by atoms with Gasteiger partial charge < -0.3 is 4.48 Å². The van der Waals surface area contributed by atoms with Crippen molar-refractivity contribution in [2.24, 2.45) is 4.99 Å². The van der Waals surface area contributed by atoms with Crippen molar-refractivity contribution in [3.63, 3.8) is 0 Å². The summed E-state index contributed by atoms with van der Waals surface area (Å²) < 4.78 is 1.02. The molecule has 2 heterocycles. The van der Waals surface area contributed by atoms with Crippen LogP contribution in [-0.4, -0.2) is 23.3 Å². The molecule has 66 valence electrons. The smallest absolute Gasteiger partial charge is 0.248 e. The predicted molar refractivity (Wildman–Crippen MR) is 55.3 cm³/mol. The number of fused-ring (bicyclic) bond motifs is 1. The van der Waals surface area contributed by atoms with E-state index in [4.69, 9.17) is 7.98 Å². The first-order valence-corrected chi connectivity index (χ1v) is 4.04. The van der Waals surface area contributed by atoms with E-state index in [0.717, 1.165) is 4.48 Å². The topological polar surface area (TPSA) is 47.2 Å². The van der Waals surface area contributed by atoms with Crippen LogP contribution in [0.25, 0.3) is 12.2 Å². The molecule has 2 rings (SSSR count). The molecule has 1 aliphatic heterocycles. The summed E-state index contributed by atoms with van der Waals surface area (Å²) in [5.41, 5.74) is 0.706. The Morgan fingerprint density at radius 3 is 3.14 bits per heavy atom. The maximum absolute atomic E-state index is 11.6. The third-order valence-corrected chi connectivity index (χ3v) is 1.95. The zero-order valence-electron chi connectivity index (χ0n) is 7.56. The predicted octanol–water partition coefficient (Wildman–Crippen LogP) is 0.151. The van der Waals surface area contributed by atoms with E-state index in [-0.39, 0.29) is 5.56 Å². The average molecular weight is 183 g/mol. The maximum Gasteiger partial charge on any atom is 0.248 e. The average Bonchev–Trinajstić information content (AvgIpc) is 2.39. The second-order valence-corrected chi connectivity index (χ2v) is 2.85. The lowest BCUT2D eigenvalue weighted by molar-refractivity contribution is 0.941. The van der Waals surface area contributed by atoms with Crippen molar-refractivity contribution in [3.05, 3.63) is 33.6 Å². The van der Waals surface area contributed by atoms with Crippen LogP contribution in [0.1, 0.15) is 17.1 Å². The zero-order valence-corrected chi connectivity index (χ0v) is 7.56. The SMILES string of the molecule is [B]n1c(C)nc2c(c1=O)C=CN=C=C2. The Morgan fingerprint density at radius 2 is 2.36 bits per heavy atom. The van der Waals surface area contributed by atoms with Crippen LogP contribution in [0, 0.1) is 6.92 Å². The Kier molecular flexibility index (Phi) is 1.95. The highest BCUT2D eigenvalue weighted by Crippen LogP contribution is 2.07. The molecule has 0 amide bonds. The Labute approximate surface area is 81.8 Å². The Bertz CT molecular complexity index is 536. The fourth-order valence-electron chi connectivity index (χ4n) is 1.19. The molecule has 0 saturated heterocycles. The molecule has 14 heavy (non-hydrogen) atoms. The molecule has 1 aromatic rings. The van der Waals surface area contributed by atoms with Crippen LogP contribution in [0.3, 0.4) is 0 Å². The highest BCUT2D eigenvalue weighted by molar-refractivity contribution is 6.06. The zero-order chi connectivity index (χ0) is 10.1. The van der Waals surface area contributed by atoms with E-state index in [1.807, 2.05) is 0 Å². The monoisotopic (exact) mass is 183 g/mol.